The van der Waals surface area contributed by atoms with Crippen LogP contribution in [0.1, 0.15) is 70.7 Å². The van der Waals surface area contributed by atoms with E-state index in [-0.39, 0.29) is 17.6 Å². The van der Waals surface area contributed by atoms with Crippen molar-refractivity contribution < 1.29 is 9.53 Å². The highest BCUT2D eigenvalue weighted by atomic mass is 32.1. The van der Waals surface area contributed by atoms with E-state index in [0.29, 0.717) is 0 Å². The van der Waals surface area contributed by atoms with Crippen LogP contribution >= 0.6 is 11.3 Å². The average Bonchev–Trinajstić information content (AvgIpc) is 2.95. The maximum absolute atomic E-state index is 12.4. The van der Waals surface area contributed by atoms with Crippen molar-refractivity contribution in [2.75, 3.05) is 13.1 Å². The quantitative estimate of drug-likeness (QED) is 0.861. The van der Waals surface area contributed by atoms with Gasteiger partial charge in [-0.1, -0.05) is 20.8 Å². The van der Waals surface area contributed by atoms with E-state index >= 15 is 0 Å². The molecular weight excluding hydrogens is 334 g/mol. The first-order valence-corrected chi connectivity index (χ1v) is 10.0. The van der Waals surface area contributed by atoms with Crippen LogP contribution in [0.5, 0.6) is 0 Å². The van der Waals surface area contributed by atoms with Crippen LogP contribution in [0.15, 0.2) is 6.20 Å². The van der Waals surface area contributed by atoms with Crippen LogP contribution in [0, 0.1) is 0 Å². The predicted molar refractivity (Wildman–Crippen MR) is 103 cm³/mol. The summed E-state index contributed by atoms with van der Waals surface area (Å²) in [6.07, 6.45) is 5.03. The van der Waals surface area contributed by atoms with E-state index in [9.17, 15) is 4.79 Å². The smallest absolute Gasteiger partial charge is 0.410 e. The molecule has 0 bridgehead atoms. The van der Waals surface area contributed by atoms with E-state index in [4.69, 9.17) is 4.74 Å². The fraction of sp³-hybridized carbons (Fsp3) is 0.789. The minimum Gasteiger partial charge on any atom is -0.444 e. The van der Waals surface area contributed by atoms with Gasteiger partial charge in [0.1, 0.15) is 5.60 Å². The second kappa shape index (κ2) is 8.04. The molecule has 5 nitrogen and oxygen atoms in total. The summed E-state index contributed by atoms with van der Waals surface area (Å²) in [7, 11) is 0. The van der Waals surface area contributed by atoms with Crippen LogP contribution < -0.4 is 5.32 Å². The summed E-state index contributed by atoms with van der Waals surface area (Å²) in [5, 5.41) is 4.67. The van der Waals surface area contributed by atoms with Crippen molar-refractivity contribution in [1.82, 2.24) is 15.2 Å². The normalized spacial score (nSPS) is 19.1. The van der Waals surface area contributed by atoms with E-state index in [1.165, 1.54) is 11.3 Å². The monoisotopic (exact) mass is 367 g/mol. The van der Waals surface area contributed by atoms with E-state index in [0.717, 1.165) is 37.5 Å². The largest absolute Gasteiger partial charge is 0.444 e. The maximum atomic E-state index is 12.4. The minimum absolute atomic E-state index is 0.0970. The number of aromatic nitrogens is 1. The van der Waals surface area contributed by atoms with Crippen LogP contribution in [-0.4, -0.2) is 40.7 Å². The van der Waals surface area contributed by atoms with E-state index in [1.54, 1.807) is 11.3 Å². The molecule has 1 saturated heterocycles. The third kappa shape index (κ3) is 6.26. The summed E-state index contributed by atoms with van der Waals surface area (Å²) in [6, 6.07) is 0.207. The number of ether oxygens (including phenoxy) is 1. The Balaban J connectivity index is 1.87. The van der Waals surface area contributed by atoms with Gasteiger partial charge in [0.15, 0.2) is 0 Å². The highest BCUT2D eigenvalue weighted by Crippen LogP contribution is 2.27. The van der Waals surface area contributed by atoms with Gasteiger partial charge in [-0.2, -0.15) is 0 Å². The van der Waals surface area contributed by atoms with E-state index in [2.05, 4.69) is 31.1 Å². The molecule has 0 aromatic carbocycles. The van der Waals surface area contributed by atoms with E-state index in [1.807, 2.05) is 31.9 Å². The fourth-order valence-electron chi connectivity index (χ4n) is 2.87. The third-order valence-corrected chi connectivity index (χ3v) is 5.55. The van der Waals surface area contributed by atoms with Gasteiger partial charge in [0.25, 0.3) is 0 Å². The lowest BCUT2D eigenvalue weighted by molar-refractivity contribution is 0.00994. The van der Waals surface area contributed by atoms with Gasteiger partial charge in [0.2, 0.25) is 0 Å². The van der Waals surface area contributed by atoms with Gasteiger partial charge in [-0.15, -0.1) is 11.3 Å². The molecule has 0 spiro atoms. The van der Waals surface area contributed by atoms with Crippen molar-refractivity contribution in [3.63, 3.8) is 0 Å². The van der Waals surface area contributed by atoms with Crippen LogP contribution in [0.4, 0.5) is 4.79 Å². The Morgan fingerprint density at radius 3 is 2.64 bits per heavy atom. The molecule has 0 aliphatic carbocycles. The Morgan fingerprint density at radius 2 is 2.04 bits per heavy atom. The Morgan fingerprint density at radius 1 is 1.32 bits per heavy atom. The molecule has 1 fully saturated rings. The lowest BCUT2D eigenvalue weighted by atomic mass is 9.98. The van der Waals surface area contributed by atoms with Crippen molar-refractivity contribution in [3.8, 4) is 0 Å². The summed E-state index contributed by atoms with van der Waals surface area (Å²) >= 11 is 1.76. The van der Waals surface area contributed by atoms with E-state index < -0.39 is 5.60 Å². The van der Waals surface area contributed by atoms with Gasteiger partial charge < -0.3 is 15.0 Å². The van der Waals surface area contributed by atoms with Crippen molar-refractivity contribution in [1.29, 1.82) is 0 Å². The lowest BCUT2D eigenvalue weighted by Gasteiger charge is -2.36. The van der Waals surface area contributed by atoms with Gasteiger partial charge >= 0.3 is 6.09 Å². The van der Waals surface area contributed by atoms with Crippen molar-refractivity contribution in [2.45, 2.75) is 84.4 Å². The first-order chi connectivity index (χ1) is 11.6. The first kappa shape index (κ1) is 20.2. The average molecular weight is 368 g/mol. The zero-order valence-electron chi connectivity index (χ0n) is 16.5. The number of nitrogens with zero attached hydrogens (tertiary/aromatic N) is 2. The number of carbonyl (C=O) groups is 1. The molecule has 2 rings (SSSR count). The van der Waals surface area contributed by atoms with Gasteiger partial charge in [-0.3, -0.25) is 0 Å². The summed E-state index contributed by atoms with van der Waals surface area (Å²) in [5.41, 5.74) is -0.349. The number of amides is 1. The Kier molecular flexibility index (Phi) is 6.49. The molecule has 0 saturated carbocycles. The second-order valence-corrected chi connectivity index (χ2v) is 9.95. The highest BCUT2D eigenvalue weighted by molar-refractivity contribution is 7.11. The molecule has 1 N–H and O–H groups in total. The number of nitrogens with one attached hydrogen (secondary N) is 1. The van der Waals surface area contributed by atoms with Gasteiger partial charge in [0, 0.05) is 42.2 Å². The fourth-order valence-corrected chi connectivity index (χ4v) is 3.81. The highest BCUT2D eigenvalue weighted by Gasteiger charge is 2.30. The summed E-state index contributed by atoms with van der Waals surface area (Å²) in [5.74, 6) is 0. The van der Waals surface area contributed by atoms with Crippen LogP contribution in [0.3, 0.4) is 0 Å². The predicted octanol–water partition coefficient (Wildman–Crippen LogP) is 4.32. The zero-order valence-corrected chi connectivity index (χ0v) is 17.3. The molecule has 25 heavy (non-hydrogen) atoms. The van der Waals surface area contributed by atoms with Crippen molar-refractivity contribution in [2.24, 2.45) is 0 Å². The molecule has 1 atom stereocenters. The second-order valence-electron chi connectivity index (χ2n) is 8.84. The number of carbonyl (C=O) groups excluding carboxylic acids is 1. The molecule has 1 aromatic heterocycles. The molecule has 1 unspecified atom stereocenters. The van der Waals surface area contributed by atoms with Gasteiger partial charge in [-0.25, -0.2) is 9.78 Å². The minimum atomic E-state index is -0.446. The maximum Gasteiger partial charge on any atom is 0.410 e. The summed E-state index contributed by atoms with van der Waals surface area (Å²) < 4.78 is 5.56. The Hall–Kier alpha value is -1.14. The zero-order chi connectivity index (χ0) is 18.7. The van der Waals surface area contributed by atoms with Crippen LogP contribution in [0.25, 0.3) is 0 Å². The number of rotatable bonds is 4. The molecule has 2 heterocycles. The Labute approximate surface area is 156 Å². The molecule has 1 amide bonds. The van der Waals surface area contributed by atoms with Crippen molar-refractivity contribution >= 4 is 17.4 Å². The molecule has 1 aromatic rings. The van der Waals surface area contributed by atoms with Crippen molar-refractivity contribution in [3.05, 3.63) is 16.1 Å². The molecule has 6 heteroatoms. The number of hydrogen-bond acceptors (Lipinski definition) is 5. The number of hydrogen-bond donors (Lipinski definition) is 1. The Bertz CT molecular complexity index is 572. The number of likely N-dealkylation sites (tertiary alicyclic amines) is 1. The molecule has 1 aliphatic heterocycles. The lowest BCUT2D eigenvalue weighted by Crippen LogP contribution is -2.50. The molecule has 142 valence electrons. The standard InChI is InChI=1S/C19H33N3O2S/c1-18(2,3)16-21-13-15(25-16)12-20-11-14-9-7-8-10-22(14)17(23)24-19(4,5)6/h13-14,20H,7-12H2,1-6H3. The van der Waals surface area contributed by atoms with Crippen LogP contribution in [0.2, 0.25) is 0 Å². The molecular formula is C19H33N3O2S. The number of thiazole rings is 1. The van der Waals surface area contributed by atoms with Gasteiger partial charge in [0.05, 0.1) is 5.01 Å². The summed E-state index contributed by atoms with van der Waals surface area (Å²) in [4.78, 5) is 20.1. The van der Waals surface area contributed by atoms with Crippen LogP contribution in [-0.2, 0) is 16.7 Å². The number of piperidine rings is 1. The SMILES string of the molecule is CC(C)(C)OC(=O)N1CCCCC1CNCc1cnc(C(C)(C)C)s1. The summed E-state index contributed by atoms with van der Waals surface area (Å²) in [6.45, 7) is 14.7. The topological polar surface area (TPSA) is 54.5 Å². The molecule has 0 radical (unpaired) electrons. The molecule has 1 aliphatic rings. The first-order valence-electron chi connectivity index (χ1n) is 9.22. The van der Waals surface area contributed by atoms with Gasteiger partial charge in [-0.05, 0) is 40.0 Å². The third-order valence-electron chi connectivity index (χ3n) is 4.13.